The SMILES string of the molecule is Cc1cccc(C)c1N1C(=O)C[C@H](N2CCC(Cc3ccccc3)CC2)C1=O. The van der Waals surface area contributed by atoms with Gasteiger partial charge >= 0.3 is 0 Å². The van der Waals surface area contributed by atoms with E-state index in [0.717, 1.165) is 49.2 Å². The molecule has 4 nitrogen and oxygen atoms in total. The number of hydrogen-bond donors (Lipinski definition) is 0. The van der Waals surface area contributed by atoms with Crippen LogP contribution in [0.1, 0.15) is 36.0 Å². The molecule has 28 heavy (non-hydrogen) atoms. The van der Waals surface area contributed by atoms with E-state index < -0.39 is 0 Å². The summed E-state index contributed by atoms with van der Waals surface area (Å²) < 4.78 is 0. The number of aryl methyl sites for hydroxylation is 2. The summed E-state index contributed by atoms with van der Waals surface area (Å²) >= 11 is 0. The lowest BCUT2D eigenvalue weighted by atomic mass is 9.89. The molecule has 4 rings (SSSR count). The molecule has 2 heterocycles. The van der Waals surface area contributed by atoms with Crippen LogP contribution in [0.3, 0.4) is 0 Å². The molecule has 2 aromatic rings. The standard InChI is InChI=1S/C24H28N2O2/c1-17-7-6-8-18(2)23(17)26-22(27)16-21(24(26)28)25-13-11-20(12-14-25)15-19-9-4-3-5-10-19/h3-10,20-21H,11-16H2,1-2H3/t21-/m0/s1. The molecule has 146 valence electrons. The zero-order valence-electron chi connectivity index (χ0n) is 16.7. The van der Waals surface area contributed by atoms with Crippen molar-refractivity contribution in [2.75, 3.05) is 18.0 Å². The van der Waals surface area contributed by atoms with Crippen LogP contribution in [0.2, 0.25) is 0 Å². The van der Waals surface area contributed by atoms with E-state index in [4.69, 9.17) is 0 Å². The Hall–Kier alpha value is -2.46. The van der Waals surface area contributed by atoms with Crippen molar-refractivity contribution >= 4 is 17.5 Å². The summed E-state index contributed by atoms with van der Waals surface area (Å²) in [6.07, 6.45) is 3.56. The average Bonchev–Trinajstić information content (AvgIpc) is 2.98. The third kappa shape index (κ3) is 3.61. The number of amides is 2. The Bertz CT molecular complexity index is 849. The molecule has 2 fully saturated rings. The molecule has 0 saturated carbocycles. The van der Waals surface area contributed by atoms with E-state index in [1.165, 1.54) is 10.5 Å². The summed E-state index contributed by atoms with van der Waals surface area (Å²) in [5, 5.41) is 0. The minimum absolute atomic E-state index is 0.0519. The molecule has 0 bridgehead atoms. The molecule has 0 N–H and O–H groups in total. The molecule has 2 amide bonds. The van der Waals surface area contributed by atoms with Gasteiger partial charge in [-0.3, -0.25) is 14.5 Å². The predicted molar refractivity (Wildman–Crippen MR) is 111 cm³/mol. The lowest BCUT2D eigenvalue weighted by Crippen LogP contribution is -2.46. The lowest BCUT2D eigenvalue weighted by Gasteiger charge is -2.35. The van der Waals surface area contributed by atoms with E-state index in [1.54, 1.807) is 0 Å². The van der Waals surface area contributed by atoms with E-state index in [9.17, 15) is 9.59 Å². The Morgan fingerprint density at radius 3 is 2.18 bits per heavy atom. The van der Waals surface area contributed by atoms with Gasteiger partial charge in [0.1, 0.15) is 0 Å². The third-order valence-electron chi connectivity index (χ3n) is 6.24. The van der Waals surface area contributed by atoms with Crippen LogP contribution in [-0.4, -0.2) is 35.8 Å². The van der Waals surface area contributed by atoms with Gasteiger partial charge in [0.2, 0.25) is 5.91 Å². The van der Waals surface area contributed by atoms with Crippen molar-refractivity contribution in [3.05, 3.63) is 65.2 Å². The topological polar surface area (TPSA) is 40.6 Å². The normalized spacial score (nSPS) is 21.5. The Balaban J connectivity index is 1.42. The number of piperidine rings is 1. The van der Waals surface area contributed by atoms with Gasteiger partial charge in [-0.25, -0.2) is 4.90 Å². The van der Waals surface area contributed by atoms with Gasteiger partial charge in [0, 0.05) is 0 Å². The highest BCUT2D eigenvalue weighted by atomic mass is 16.2. The second kappa shape index (κ2) is 7.88. The maximum Gasteiger partial charge on any atom is 0.251 e. The smallest absolute Gasteiger partial charge is 0.251 e. The van der Waals surface area contributed by atoms with Crippen LogP contribution in [0, 0.1) is 19.8 Å². The summed E-state index contributed by atoms with van der Waals surface area (Å²) in [4.78, 5) is 29.6. The van der Waals surface area contributed by atoms with Crippen molar-refractivity contribution in [3.8, 4) is 0 Å². The number of carbonyl (C=O) groups excluding carboxylic acids is 2. The van der Waals surface area contributed by atoms with Crippen molar-refractivity contribution in [2.24, 2.45) is 5.92 Å². The number of para-hydroxylation sites is 1. The van der Waals surface area contributed by atoms with Crippen LogP contribution in [-0.2, 0) is 16.0 Å². The summed E-state index contributed by atoms with van der Waals surface area (Å²) in [5.74, 6) is 0.531. The number of imide groups is 1. The molecular weight excluding hydrogens is 348 g/mol. The van der Waals surface area contributed by atoms with Crippen LogP contribution in [0.15, 0.2) is 48.5 Å². The highest BCUT2D eigenvalue weighted by molar-refractivity contribution is 6.23. The molecule has 4 heteroatoms. The first-order chi connectivity index (χ1) is 13.5. The molecule has 2 saturated heterocycles. The Labute approximate surface area is 167 Å². The fraction of sp³-hybridized carbons (Fsp3) is 0.417. The van der Waals surface area contributed by atoms with E-state index in [1.807, 2.05) is 32.0 Å². The zero-order chi connectivity index (χ0) is 19.7. The summed E-state index contributed by atoms with van der Waals surface area (Å²) in [7, 11) is 0. The van der Waals surface area contributed by atoms with Crippen molar-refractivity contribution in [1.29, 1.82) is 0 Å². The Morgan fingerprint density at radius 1 is 0.893 bits per heavy atom. The van der Waals surface area contributed by atoms with E-state index in [-0.39, 0.29) is 17.9 Å². The summed E-state index contributed by atoms with van der Waals surface area (Å²) in [6.45, 7) is 5.71. The molecule has 2 aliphatic heterocycles. The second-order valence-electron chi connectivity index (χ2n) is 8.20. The van der Waals surface area contributed by atoms with Crippen LogP contribution in [0.5, 0.6) is 0 Å². The Kier molecular flexibility index (Phi) is 5.31. The highest BCUT2D eigenvalue weighted by Crippen LogP contribution is 2.33. The lowest BCUT2D eigenvalue weighted by molar-refractivity contribution is -0.123. The van der Waals surface area contributed by atoms with Crippen molar-refractivity contribution in [3.63, 3.8) is 0 Å². The molecule has 0 spiro atoms. The molecular formula is C24H28N2O2. The maximum absolute atomic E-state index is 13.2. The first-order valence-corrected chi connectivity index (χ1v) is 10.3. The molecule has 0 unspecified atom stereocenters. The van der Waals surface area contributed by atoms with E-state index in [0.29, 0.717) is 12.3 Å². The number of nitrogens with zero attached hydrogens (tertiary/aromatic N) is 2. The minimum atomic E-state index is -0.302. The molecule has 1 atom stereocenters. The first-order valence-electron chi connectivity index (χ1n) is 10.3. The predicted octanol–water partition coefficient (Wildman–Crippen LogP) is 3.89. The summed E-state index contributed by atoms with van der Waals surface area (Å²) in [5.41, 5.74) is 4.11. The maximum atomic E-state index is 13.2. The average molecular weight is 377 g/mol. The van der Waals surface area contributed by atoms with Crippen LogP contribution < -0.4 is 4.90 Å². The number of anilines is 1. The third-order valence-corrected chi connectivity index (χ3v) is 6.24. The monoisotopic (exact) mass is 376 g/mol. The fourth-order valence-corrected chi connectivity index (χ4v) is 4.71. The van der Waals surface area contributed by atoms with Crippen molar-refractivity contribution < 1.29 is 9.59 Å². The second-order valence-corrected chi connectivity index (χ2v) is 8.20. The van der Waals surface area contributed by atoms with E-state index >= 15 is 0 Å². The van der Waals surface area contributed by atoms with Gasteiger partial charge in [-0.15, -0.1) is 0 Å². The van der Waals surface area contributed by atoms with Gasteiger partial charge < -0.3 is 0 Å². The summed E-state index contributed by atoms with van der Waals surface area (Å²) in [6, 6.07) is 16.2. The fourth-order valence-electron chi connectivity index (χ4n) is 4.71. The zero-order valence-corrected chi connectivity index (χ0v) is 16.7. The molecule has 2 aliphatic rings. The number of likely N-dealkylation sites (tertiary alicyclic amines) is 1. The van der Waals surface area contributed by atoms with Gasteiger partial charge in [-0.2, -0.15) is 0 Å². The van der Waals surface area contributed by atoms with Gasteiger partial charge in [-0.1, -0.05) is 48.5 Å². The molecule has 2 aromatic carbocycles. The molecule has 0 aliphatic carbocycles. The van der Waals surface area contributed by atoms with Gasteiger partial charge in [0.25, 0.3) is 5.91 Å². The van der Waals surface area contributed by atoms with Crippen LogP contribution in [0.25, 0.3) is 0 Å². The van der Waals surface area contributed by atoms with E-state index in [2.05, 4.69) is 35.2 Å². The van der Waals surface area contributed by atoms with Crippen molar-refractivity contribution in [2.45, 2.75) is 45.6 Å². The van der Waals surface area contributed by atoms with Crippen molar-refractivity contribution in [1.82, 2.24) is 4.90 Å². The Morgan fingerprint density at radius 2 is 1.54 bits per heavy atom. The van der Waals surface area contributed by atoms with Crippen LogP contribution >= 0.6 is 0 Å². The van der Waals surface area contributed by atoms with Gasteiger partial charge in [0.05, 0.1) is 18.2 Å². The number of carbonyl (C=O) groups is 2. The first kappa shape index (κ1) is 18.9. The highest BCUT2D eigenvalue weighted by Gasteiger charge is 2.44. The minimum Gasteiger partial charge on any atom is -0.292 e. The van der Waals surface area contributed by atoms with Gasteiger partial charge in [0.15, 0.2) is 0 Å². The number of rotatable bonds is 4. The quantitative estimate of drug-likeness (QED) is 0.760. The largest absolute Gasteiger partial charge is 0.292 e. The number of hydrogen-bond acceptors (Lipinski definition) is 3. The molecule has 0 radical (unpaired) electrons. The van der Waals surface area contributed by atoms with Crippen LogP contribution in [0.4, 0.5) is 5.69 Å². The number of benzene rings is 2. The molecule has 0 aromatic heterocycles. The van der Waals surface area contributed by atoms with Gasteiger partial charge in [-0.05, 0) is 68.8 Å².